The Balaban J connectivity index is 1.69. The summed E-state index contributed by atoms with van der Waals surface area (Å²) in [5.74, 6) is -1.64. The third-order valence-corrected chi connectivity index (χ3v) is 4.47. The predicted octanol–water partition coefficient (Wildman–Crippen LogP) is 4.39. The van der Waals surface area contributed by atoms with Gasteiger partial charge in [-0.05, 0) is 68.3 Å². The standard InChI is InChI=1S/C21H19ClFN3O3/c1-12-8-13(2)10-16(9-12)24-18(27)11-29-21(28)19-14(3)25-26(20(19)22)17-6-4-15(23)5-7-17/h4-10H,11H2,1-3H3,(H,24,27). The molecule has 8 heteroatoms. The topological polar surface area (TPSA) is 73.2 Å². The second-order valence-corrected chi connectivity index (χ2v) is 7.00. The Bertz CT molecular complexity index is 1060. The van der Waals surface area contributed by atoms with Crippen LogP contribution in [0.15, 0.2) is 42.5 Å². The molecule has 3 aromatic rings. The van der Waals surface area contributed by atoms with E-state index in [0.717, 1.165) is 11.1 Å². The van der Waals surface area contributed by atoms with Crippen LogP contribution in [0.3, 0.4) is 0 Å². The number of carbonyl (C=O) groups excluding carboxylic acids is 2. The molecule has 2 aromatic carbocycles. The average Bonchev–Trinajstić information content (AvgIpc) is 2.94. The molecule has 1 aromatic heterocycles. The number of amides is 1. The summed E-state index contributed by atoms with van der Waals surface area (Å²) in [5, 5.41) is 6.92. The smallest absolute Gasteiger partial charge is 0.343 e. The summed E-state index contributed by atoms with van der Waals surface area (Å²) < 4.78 is 19.5. The first-order valence-corrected chi connectivity index (χ1v) is 9.18. The lowest BCUT2D eigenvalue weighted by molar-refractivity contribution is -0.119. The molecule has 0 fully saturated rings. The molecular weight excluding hydrogens is 397 g/mol. The first-order valence-electron chi connectivity index (χ1n) is 8.81. The molecule has 0 aliphatic carbocycles. The number of esters is 1. The third kappa shape index (κ3) is 4.81. The molecule has 29 heavy (non-hydrogen) atoms. The van der Waals surface area contributed by atoms with Gasteiger partial charge in [0.1, 0.15) is 16.5 Å². The van der Waals surface area contributed by atoms with Crippen LogP contribution in [-0.2, 0) is 9.53 Å². The minimum Gasteiger partial charge on any atom is -0.452 e. The fourth-order valence-electron chi connectivity index (χ4n) is 2.93. The largest absolute Gasteiger partial charge is 0.452 e. The SMILES string of the molecule is Cc1cc(C)cc(NC(=O)COC(=O)c2c(C)nn(-c3ccc(F)cc3)c2Cl)c1. The van der Waals surface area contributed by atoms with Gasteiger partial charge >= 0.3 is 5.97 Å². The number of anilines is 1. The van der Waals surface area contributed by atoms with E-state index in [4.69, 9.17) is 16.3 Å². The molecule has 0 spiro atoms. The van der Waals surface area contributed by atoms with Crippen molar-refractivity contribution in [2.24, 2.45) is 0 Å². The van der Waals surface area contributed by atoms with Crippen molar-refractivity contribution in [3.05, 3.63) is 75.8 Å². The van der Waals surface area contributed by atoms with E-state index in [9.17, 15) is 14.0 Å². The molecule has 0 atom stereocenters. The van der Waals surface area contributed by atoms with Crippen molar-refractivity contribution >= 4 is 29.2 Å². The van der Waals surface area contributed by atoms with Crippen LogP contribution in [0.25, 0.3) is 5.69 Å². The number of nitrogens with one attached hydrogen (secondary N) is 1. The van der Waals surface area contributed by atoms with Gasteiger partial charge in [-0.25, -0.2) is 13.9 Å². The fraction of sp³-hybridized carbons (Fsp3) is 0.190. The van der Waals surface area contributed by atoms with Crippen molar-refractivity contribution in [3.63, 3.8) is 0 Å². The van der Waals surface area contributed by atoms with E-state index in [1.165, 1.54) is 28.9 Å². The second kappa shape index (κ2) is 8.45. The summed E-state index contributed by atoms with van der Waals surface area (Å²) in [6.45, 7) is 4.97. The zero-order valence-corrected chi connectivity index (χ0v) is 16.9. The Morgan fingerprint density at radius 1 is 1.10 bits per heavy atom. The molecule has 0 aliphatic heterocycles. The van der Waals surface area contributed by atoms with Crippen LogP contribution in [0.5, 0.6) is 0 Å². The normalized spacial score (nSPS) is 10.7. The molecule has 0 radical (unpaired) electrons. The Labute approximate surface area is 172 Å². The molecule has 0 unspecified atom stereocenters. The van der Waals surface area contributed by atoms with E-state index in [1.807, 2.05) is 32.0 Å². The minimum atomic E-state index is -0.767. The number of aromatic nitrogens is 2. The monoisotopic (exact) mass is 415 g/mol. The van der Waals surface area contributed by atoms with Crippen molar-refractivity contribution in [1.29, 1.82) is 0 Å². The zero-order valence-electron chi connectivity index (χ0n) is 16.1. The van der Waals surface area contributed by atoms with Gasteiger partial charge in [-0.2, -0.15) is 5.10 Å². The van der Waals surface area contributed by atoms with Crippen LogP contribution in [0.4, 0.5) is 10.1 Å². The summed E-state index contributed by atoms with van der Waals surface area (Å²) in [6.07, 6.45) is 0. The van der Waals surface area contributed by atoms with E-state index in [-0.39, 0.29) is 10.7 Å². The van der Waals surface area contributed by atoms with Crippen LogP contribution in [-0.4, -0.2) is 28.3 Å². The average molecular weight is 416 g/mol. The molecule has 0 bridgehead atoms. The lowest BCUT2D eigenvalue weighted by Crippen LogP contribution is -2.21. The third-order valence-electron chi connectivity index (χ3n) is 4.12. The lowest BCUT2D eigenvalue weighted by Gasteiger charge is -2.08. The van der Waals surface area contributed by atoms with Crippen LogP contribution in [0, 0.1) is 26.6 Å². The maximum Gasteiger partial charge on any atom is 0.343 e. The highest BCUT2D eigenvalue weighted by molar-refractivity contribution is 6.33. The molecule has 6 nitrogen and oxygen atoms in total. The van der Waals surface area contributed by atoms with Crippen LogP contribution in [0.2, 0.25) is 5.15 Å². The highest BCUT2D eigenvalue weighted by atomic mass is 35.5. The molecule has 1 heterocycles. The maximum absolute atomic E-state index is 13.1. The van der Waals surface area contributed by atoms with E-state index < -0.39 is 24.3 Å². The molecule has 0 saturated carbocycles. The maximum atomic E-state index is 13.1. The Morgan fingerprint density at radius 2 is 1.72 bits per heavy atom. The number of rotatable bonds is 5. The molecule has 3 rings (SSSR count). The van der Waals surface area contributed by atoms with Crippen molar-refractivity contribution in [2.75, 3.05) is 11.9 Å². The number of nitrogens with zero attached hydrogens (tertiary/aromatic N) is 2. The quantitative estimate of drug-likeness (QED) is 0.627. The predicted molar refractivity (Wildman–Crippen MR) is 108 cm³/mol. The molecule has 150 valence electrons. The van der Waals surface area contributed by atoms with E-state index >= 15 is 0 Å². The van der Waals surface area contributed by atoms with Gasteiger partial charge in [-0.1, -0.05) is 17.7 Å². The van der Waals surface area contributed by atoms with Crippen molar-refractivity contribution < 1.29 is 18.7 Å². The number of aryl methyl sites for hydroxylation is 3. The van der Waals surface area contributed by atoms with Gasteiger partial charge in [0.15, 0.2) is 6.61 Å². The Kier molecular flexibility index (Phi) is 5.98. The number of benzene rings is 2. The van der Waals surface area contributed by atoms with Gasteiger partial charge in [0.25, 0.3) is 5.91 Å². The number of hydrogen-bond acceptors (Lipinski definition) is 4. The van der Waals surface area contributed by atoms with Gasteiger partial charge in [-0.15, -0.1) is 0 Å². The van der Waals surface area contributed by atoms with Crippen LogP contribution in [0.1, 0.15) is 27.2 Å². The Morgan fingerprint density at radius 3 is 2.34 bits per heavy atom. The molecule has 1 N–H and O–H groups in total. The van der Waals surface area contributed by atoms with Gasteiger partial charge in [0, 0.05) is 5.69 Å². The minimum absolute atomic E-state index is 0.0221. The van der Waals surface area contributed by atoms with Crippen molar-refractivity contribution in [2.45, 2.75) is 20.8 Å². The van der Waals surface area contributed by atoms with Gasteiger partial charge in [0.2, 0.25) is 0 Å². The number of carbonyl (C=O) groups is 2. The van der Waals surface area contributed by atoms with E-state index in [1.54, 1.807) is 6.92 Å². The summed E-state index contributed by atoms with van der Waals surface area (Å²) in [5.41, 5.74) is 3.52. The van der Waals surface area contributed by atoms with Crippen LogP contribution < -0.4 is 5.32 Å². The van der Waals surface area contributed by atoms with Gasteiger partial charge in [0.05, 0.1) is 11.4 Å². The number of halogens is 2. The lowest BCUT2D eigenvalue weighted by atomic mass is 10.1. The summed E-state index contributed by atoms with van der Waals surface area (Å²) >= 11 is 6.28. The highest BCUT2D eigenvalue weighted by Gasteiger charge is 2.23. The highest BCUT2D eigenvalue weighted by Crippen LogP contribution is 2.24. The second-order valence-electron chi connectivity index (χ2n) is 6.64. The van der Waals surface area contributed by atoms with Crippen molar-refractivity contribution in [1.82, 2.24) is 9.78 Å². The molecule has 0 aliphatic rings. The molecular formula is C21H19ClFN3O3. The fourth-order valence-corrected chi connectivity index (χ4v) is 3.28. The molecule has 1 amide bonds. The van der Waals surface area contributed by atoms with E-state index in [0.29, 0.717) is 17.1 Å². The Hall–Kier alpha value is -3.19. The first-order chi connectivity index (χ1) is 13.7. The van der Waals surface area contributed by atoms with E-state index in [2.05, 4.69) is 10.4 Å². The first kappa shape index (κ1) is 20.5. The van der Waals surface area contributed by atoms with Gasteiger partial charge < -0.3 is 10.1 Å². The zero-order chi connectivity index (χ0) is 21.1. The summed E-state index contributed by atoms with van der Waals surface area (Å²) in [7, 11) is 0. The number of ether oxygens (including phenoxy) is 1. The van der Waals surface area contributed by atoms with Gasteiger partial charge in [-0.3, -0.25) is 4.79 Å². The van der Waals surface area contributed by atoms with Crippen LogP contribution >= 0.6 is 11.6 Å². The summed E-state index contributed by atoms with van der Waals surface area (Å²) in [4.78, 5) is 24.6. The number of hydrogen-bond donors (Lipinski definition) is 1. The molecule has 0 saturated heterocycles. The summed E-state index contributed by atoms with van der Waals surface area (Å²) in [6, 6.07) is 11.1. The van der Waals surface area contributed by atoms with Crippen molar-refractivity contribution in [3.8, 4) is 5.69 Å².